The van der Waals surface area contributed by atoms with Crippen LogP contribution in [-0.4, -0.2) is 32.2 Å². The van der Waals surface area contributed by atoms with E-state index in [9.17, 15) is 0 Å². The third-order valence-corrected chi connectivity index (χ3v) is 3.20. The number of quaternary nitrogens is 2. The molecule has 0 aromatic carbocycles. The third kappa shape index (κ3) is 4.43. The Hall–Kier alpha value is -0.0800. The van der Waals surface area contributed by atoms with Crippen molar-refractivity contribution >= 4 is 0 Å². The molecular weight excluding hydrogens is 172 g/mol. The average Bonchev–Trinajstić information content (AvgIpc) is 2.56. The molecule has 1 atom stereocenters. The number of hydrogen-bond donors (Lipinski definition) is 2. The summed E-state index contributed by atoms with van der Waals surface area (Å²) in [6.07, 6.45) is 4.29. The standard InChI is InChI=1S/C12H26N2/c1-4-13-12(9-11(2)3)10-14-7-5-6-8-14/h11-13H,4-10H2,1-3H3/p+2/t12-/m0/s1. The molecule has 0 spiro atoms. The molecule has 1 aliphatic rings. The maximum Gasteiger partial charge on any atom is 0.136 e. The average molecular weight is 200 g/mol. The van der Waals surface area contributed by atoms with E-state index in [0.29, 0.717) is 0 Å². The number of likely N-dealkylation sites (tertiary alicyclic amines) is 1. The van der Waals surface area contributed by atoms with Crippen LogP contribution in [0, 0.1) is 5.92 Å². The minimum absolute atomic E-state index is 0.852. The van der Waals surface area contributed by atoms with E-state index in [0.717, 1.165) is 12.0 Å². The second-order valence-electron chi connectivity index (χ2n) is 5.19. The van der Waals surface area contributed by atoms with Crippen molar-refractivity contribution in [3.63, 3.8) is 0 Å². The van der Waals surface area contributed by atoms with E-state index >= 15 is 0 Å². The lowest BCUT2D eigenvalue weighted by atomic mass is 10.0. The molecule has 0 aliphatic carbocycles. The normalized spacial score (nSPS) is 20.6. The van der Waals surface area contributed by atoms with Crippen molar-refractivity contribution in [3.8, 4) is 0 Å². The van der Waals surface area contributed by atoms with E-state index in [1.54, 1.807) is 0 Å². The zero-order chi connectivity index (χ0) is 10.4. The Balaban J connectivity index is 2.25. The molecule has 0 radical (unpaired) electrons. The topological polar surface area (TPSA) is 21.1 Å². The van der Waals surface area contributed by atoms with Gasteiger partial charge in [-0.15, -0.1) is 0 Å². The molecule has 0 aromatic rings. The smallest absolute Gasteiger partial charge is 0.136 e. The van der Waals surface area contributed by atoms with Crippen LogP contribution in [0.4, 0.5) is 0 Å². The fourth-order valence-corrected chi connectivity index (χ4v) is 2.65. The summed E-state index contributed by atoms with van der Waals surface area (Å²) in [6.45, 7) is 12.4. The molecule has 0 saturated carbocycles. The van der Waals surface area contributed by atoms with Gasteiger partial charge in [0.2, 0.25) is 0 Å². The van der Waals surface area contributed by atoms with Gasteiger partial charge in [0.1, 0.15) is 12.6 Å². The molecule has 1 heterocycles. The summed E-state index contributed by atoms with van der Waals surface area (Å²) in [6, 6.07) is 0.869. The van der Waals surface area contributed by atoms with Crippen LogP contribution in [0.5, 0.6) is 0 Å². The lowest BCUT2D eigenvalue weighted by Crippen LogP contribution is -3.14. The maximum atomic E-state index is 2.53. The zero-order valence-electron chi connectivity index (χ0n) is 10.2. The molecule has 1 rings (SSSR count). The fourth-order valence-electron chi connectivity index (χ4n) is 2.65. The van der Waals surface area contributed by atoms with Gasteiger partial charge in [0.15, 0.2) is 0 Å². The van der Waals surface area contributed by atoms with E-state index in [1.165, 1.54) is 45.4 Å². The minimum Gasteiger partial charge on any atom is -0.339 e. The Kier molecular flexibility index (Phi) is 5.49. The van der Waals surface area contributed by atoms with Crippen LogP contribution in [0.1, 0.15) is 40.0 Å². The first kappa shape index (κ1) is 12.0. The van der Waals surface area contributed by atoms with Gasteiger partial charge in [0, 0.05) is 19.3 Å². The number of likely N-dealkylation sites (N-methyl/N-ethyl adjacent to an activating group) is 1. The highest BCUT2D eigenvalue weighted by atomic mass is 15.2. The van der Waals surface area contributed by atoms with Gasteiger partial charge in [-0.25, -0.2) is 0 Å². The Labute approximate surface area is 89.1 Å². The molecule has 3 N–H and O–H groups in total. The molecular formula is C12H28N2+2. The first-order chi connectivity index (χ1) is 6.72. The number of nitrogens with two attached hydrogens (primary N) is 1. The summed E-state index contributed by atoms with van der Waals surface area (Å²) in [5, 5.41) is 2.53. The molecule has 2 nitrogen and oxygen atoms in total. The van der Waals surface area contributed by atoms with Gasteiger partial charge >= 0.3 is 0 Å². The molecule has 0 bridgehead atoms. The van der Waals surface area contributed by atoms with Gasteiger partial charge in [-0.1, -0.05) is 13.8 Å². The van der Waals surface area contributed by atoms with Crippen LogP contribution in [0.15, 0.2) is 0 Å². The lowest BCUT2D eigenvalue weighted by molar-refractivity contribution is -0.908. The molecule has 84 valence electrons. The van der Waals surface area contributed by atoms with Crippen LogP contribution in [0.2, 0.25) is 0 Å². The highest BCUT2D eigenvalue weighted by Crippen LogP contribution is 2.00. The quantitative estimate of drug-likeness (QED) is 0.586. The largest absolute Gasteiger partial charge is 0.339 e. The van der Waals surface area contributed by atoms with E-state index in [4.69, 9.17) is 0 Å². The van der Waals surface area contributed by atoms with Crippen molar-refractivity contribution in [1.82, 2.24) is 0 Å². The van der Waals surface area contributed by atoms with E-state index in [1.807, 2.05) is 4.90 Å². The Bertz CT molecular complexity index is 139. The summed E-state index contributed by atoms with van der Waals surface area (Å²) in [5.41, 5.74) is 0. The van der Waals surface area contributed by atoms with E-state index in [2.05, 4.69) is 26.1 Å². The van der Waals surface area contributed by atoms with Crippen molar-refractivity contribution in [2.75, 3.05) is 26.2 Å². The number of nitrogens with one attached hydrogen (secondary N) is 1. The van der Waals surface area contributed by atoms with E-state index < -0.39 is 0 Å². The summed E-state index contributed by atoms with van der Waals surface area (Å²) in [4.78, 5) is 1.85. The minimum atomic E-state index is 0.852. The second-order valence-corrected chi connectivity index (χ2v) is 5.19. The number of hydrogen-bond acceptors (Lipinski definition) is 0. The molecule has 0 aromatic heterocycles. The lowest BCUT2D eigenvalue weighted by Gasteiger charge is -2.20. The maximum absolute atomic E-state index is 2.53. The summed E-state index contributed by atoms with van der Waals surface area (Å²) >= 11 is 0. The summed E-state index contributed by atoms with van der Waals surface area (Å²) < 4.78 is 0. The van der Waals surface area contributed by atoms with Crippen LogP contribution in [0.25, 0.3) is 0 Å². The van der Waals surface area contributed by atoms with Gasteiger partial charge in [0.25, 0.3) is 0 Å². The summed E-state index contributed by atoms with van der Waals surface area (Å²) in [5.74, 6) is 0.852. The monoisotopic (exact) mass is 200 g/mol. The predicted octanol–water partition coefficient (Wildman–Crippen LogP) is -0.337. The first-order valence-electron chi connectivity index (χ1n) is 6.39. The molecule has 1 saturated heterocycles. The molecule has 0 amide bonds. The van der Waals surface area contributed by atoms with Gasteiger partial charge < -0.3 is 10.2 Å². The van der Waals surface area contributed by atoms with Crippen LogP contribution >= 0.6 is 0 Å². The second kappa shape index (κ2) is 6.41. The highest BCUT2D eigenvalue weighted by Gasteiger charge is 2.22. The summed E-state index contributed by atoms with van der Waals surface area (Å²) in [7, 11) is 0. The molecule has 2 heteroatoms. The molecule has 1 fully saturated rings. The third-order valence-electron chi connectivity index (χ3n) is 3.20. The molecule has 0 unspecified atom stereocenters. The van der Waals surface area contributed by atoms with Crippen molar-refractivity contribution in [2.24, 2.45) is 5.92 Å². The van der Waals surface area contributed by atoms with Gasteiger partial charge in [-0.3, -0.25) is 0 Å². The molecule has 1 aliphatic heterocycles. The van der Waals surface area contributed by atoms with Gasteiger partial charge in [-0.05, 0) is 12.8 Å². The van der Waals surface area contributed by atoms with Gasteiger partial charge in [0.05, 0.1) is 19.6 Å². The highest BCUT2D eigenvalue weighted by molar-refractivity contribution is 4.57. The van der Waals surface area contributed by atoms with Crippen LogP contribution in [-0.2, 0) is 0 Å². The Morgan fingerprint density at radius 2 is 1.86 bits per heavy atom. The van der Waals surface area contributed by atoms with Crippen molar-refractivity contribution in [1.29, 1.82) is 0 Å². The predicted molar refractivity (Wildman–Crippen MR) is 60.5 cm³/mol. The SMILES string of the molecule is CC[NH2+][C@@H](CC(C)C)C[NH+]1CCCC1. The zero-order valence-corrected chi connectivity index (χ0v) is 10.2. The Morgan fingerprint density at radius 1 is 1.21 bits per heavy atom. The van der Waals surface area contributed by atoms with Gasteiger partial charge in [-0.2, -0.15) is 0 Å². The van der Waals surface area contributed by atoms with Crippen LogP contribution in [0.3, 0.4) is 0 Å². The van der Waals surface area contributed by atoms with Crippen molar-refractivity contribution in [3.05, 3.63) is 0 Å². The van der Waals surface area contributed by atoms with Crippen LogP contribution < -0.4 is 10.2 Å². The van der Waals surface area contributed by atoms with Crippen molar-refractivity contribution < 1.29 is 10.2 Å². The first-order valence-corrected chi connectivity index (χ1v) is 6.39. The van der Waals surface area contributed by atoms with Crippen molar-refractivity contribution in [2.45, 2.75) is 46.1 Å². The molecule has 14 heavy (non-hydrogen) atoms. The van der Waals surface area contributed by atoms with E-state index in [-0.39, 0.29) is 0 Å². The Morgan fingerprint density at radius 3 is 2.36 bits per heavy atom. The number of rotatable bonds is 6. The fraction of sp³-hybridized carbons (Fsp3) is 1.00.